The number of aliphatic hydroxyl groups is 1. The zero-order valence-corrected chi connectivity index (χ0v) is 14.9. The van der Waals surface area contributed by atoms with Crippen LogP contribution < -0.4 is 4.74 Å². The van der Waals surface area contributed by atoms with E-state index in [9.17, 15) is 5.11 Å². The van der Waals surface area contributed by atoms with Crippen LogP contribution in [0.2, 0.25) is 0 Å². The Balaban J connectivity index is 0.000000753. The highest BCUT2D eigenvalue weighted by atomic mass is 16.5. The smallest absolute Gasteiger partial charge is 0.119 e. The number of hydrogen-bond acceptors (Lipinski definition) is 2. The summed E-state index contributed by atoms with van der Waals surface area (Å²) in [7, 11) is 1.74. The van der Waals surface area contributed by atoms with Crippen LogP contribution in [0.5, 0.6) is 5.75 Å². The van der Waals surface area contributed by atoms with E-state index in [0.29, 0.717) is 17.8 Å². The van der Waals surface area contributed by atoms with Gasteiger partial charge in [-0.1, -0.05) is 39.0 Å². The normalized spacial score (nSPS) is 37.1. The molecule has 126 valence electrons. The van der Waals surface area contributed by atoms with E-state index in [4.69, 9.17) is 4.74 Å². The zero-order valence-electron chi connectivity index (χ0n) is 14.9. The first-order valence-corrected chi connectivity index (χ1v) is 9.16. The Bertz CT molecular complexity index is 592. The molecule has 0 saturated heterocycles. The third-order valence-corrected chi connectivity index (χ3v) is 6.41. The van der Waals surface area contributed by atoms with Crippen molar-refractivity contribution >= 4 is 0 Å². The molecule has 1 aromatic rings. The molecule has 0 bridgehead atoms. The summed E-state index contributed by atoms with van der Waals surface area (Å²) in [6.07, 6.45) is 8.80. The maximum absolute atomic E-state index is 10.3. The Morgan fingerprint density at radius 3 is 2.70 bits per heavy atom. The molecule has 1 fully saturated rings. The van der Waals surface area contributed by atoms with Gasteiger partial charge in [-0.2, -0.15) is 0 Å². The second-order valence-electron chi connectivity index (χ2n) is 7.27. The first kappa shape index (κ1) is 16.6. The molecule has 2 heteroatoms. The summed E-state index contributed by atoms with van der Waals surface area (Å²) in [5.41, 5.74) is 3.08. The molecular weight excluding hydrogens is 284 g/mol. The van der Waals surface area contributed by atoms with Gasteiger partial charge < -0.3 is 9.84 Å². The molecule has 1 N–H and O–H groups in total. The van der Waals surface area contributed by atoms with E-state index in [0.717, 1.165) is 18.6 Å². The van der Waals surface area contributed by atoms with Gasteiger partial charge in [-0.05, 0) is 66.7 Å². The van der Waals surface area contributed by atoms with Crippen LogP contribution in [0.25, 0.3) is 0 Å². The second-order valence-corrected chi connectivity index (χ2v) is 7.27. The number of methoxy groups -OCH3 is 1. The Morgan fingerprint density at radius 1 is 1.17 bits per heavy atom. The molecule has 1 aromatic carbocycles. The summed E-state index contributed by atoms with van der Waals surface area (Å²) in [5, 5.41) is 10.3. The lowest BCUT2D eigenvalue weighted by Gasteiger charge is -2.50. The van der Waals surface area contributed by atoms with Gasteiger partial charge in [0.25, 0.3) is 0 Å². The van der Waals surface area contributed by atoms with Gasteiger partial charge >= 0.3 is 0 Å². The first-order chi connectivity index (χ1) is 11.1. The highest BCUT2D eigenvalue weighted by Gasteiger charge is 2.52. The molecule has 3 unspecified atom stereocenters. The number of fused-ring (bicyclic) bond motifs is 5. The van der Waals surface area contributed by atoms with E-state index >= 15 is 0 Å². The number of benzene rings is 1. The Labute approximate surface area is 140 Å². The zero-order chi connectivity index (χ0) is 16.6. The summed E-state index contributed by atoms with van der Waals surface area (Å²) in [4.78, 5) is 0. The van der Waals surface area contributed by atoms with Gasteiger partial charge in [-0.3, -0.25) is 0 Å². The summed E-state index contributed by atoms with van der Waals surface area (Å²) in [6.45, 7) is 6.28. The monoisotopic (exact) mass is 314 g/mol. The minimum Gasteiger partial charge on any atom is -0.497 e. The molecule has 0 heterocycles. The minimum absolute atomic E-state index is 0.0745. The Kier molecular flexibility index (Phi) is 4.55. The molecule has 0 spiro atoms. The maximum atomic E-state index is 10.3. The summed E-state index contributed by atoms with van der Waals surface area (Å²) in [6, 6.07) is 6.61. The highest BCUT2D eigenvalue weighted by Crippen LogP contribution is 2.58. The van der Waals surface area contributed by atoms with Crippen LogP contribution in [0, 0.1) is 17.3 Å². The van der Waals surface area contributed by atoms with E-state index in [-0.39, 0.29) is 11.5 Å². The van der Waals surface area contributed by atoms with Gasteiger partial charge in [0.2, 0.25) is 0 Å². The number of aliphatic hydroxyl groups excluding tert-OH is 1. The van der Waals surface area contributed by atoms with Gasteiger partial charge in [-0.15, -0.1) is 0 Å². The predicted molar refractivity (Wildman–Crippen MR) is 94.9 cm³/mol. The van der Waals surface area contributed by atoms with Crippen LogP contribution in [0.15, 0.2) is 30.4 Å². The van der Waals surface area contributed by atoms with Crippen molar-refractivity contribution in [3.63, 3.8) is 0 Å². The van der Waals surface area contributed by atoms with Crippen molar-refractivity contribution < 1.29 is 9.84 Å². The van der Waals surface area contributed by atoms with Crippen molar-refractivity contribution in [1.29, 1.82) is 0 Å². The van der Waals surface area contributed by atoms with E-state index in [2.05, 4.69) is 31.2 Å². The average molecular weight is 314 g/mol. The molecule has 3 aliphatic carbocycles. The van der Waals surface area contributed by atoms with Gasteiger partial charge in [-0.25, -0.2) is 0 Å². The van der Waals surface area contributed by atoms with Crippen LogP contribution in [0.1, 0.15) is 57.1 Å². The van der Waals surface area contributed by atoms with Gasteiger partial charge in [0.1, 0.15) is 5.75 Å². The summed E-state index contributed by atoms with van der Waals surface area (Å²) < 4.78 is 5.37. The van der Waals surface area contributed by atoms with E-state index < -0.39 is 0 Å². The first-order valence-electron chi connectivity index (χ1n) is 9.16. The molecular formula is C21H30O2. The number of ether oxygens (including phenoxy) is 1. The van der Waals surface area contributed by atoms with Gasteiger partial charge in [0.15, 0.2) is 0 Å². The molecule has 23 heavy (non-hydrogen) atoms. The van der Waals surface area contributed by atoms with Crippen molar-refractivity contribution in [2.75, 3.05) is 7.11 Å². The standard InChI is InChI=1S/C19H24O2.C2H6/c1-19-10-9-15-14-6-4-13(21-2)11-12(14)3-5-16(15)17(19)7-8-18(19)20;1-2/h4,6-8,11,15-18,20H,3,5,9-10H2,1-2H3;1-2H3/t15?,16?,17?,18-,19-;/m0./s1. The van der Waals surface area contributed by atoms with Crippen molar-refractivity contribution in [1.82, 2.24) is 0 Å². The lowest BCUT2D eigenvalue weighted by molar-refractivity contribution is -0.0101. The molecule has 3 aliphatic rings. The lowest BCUT2D eigenvalue weighted by atomic mass is 9.55. The van der Waals surface area contributed by atoms with Crippen molar-refractivity contribution in [3.05, 3.63) is 41.5 Å². The summed E-state index contributed by atoms with van der Waals surface area (Å²) in [5.74, 6) is 2.87. The topological polar surface area (TPSA) is 29.5 Å². The second kappa shape index (κ2) is 6.32. The predicted octanol–water partition coefficient (Wildman–Crippen LogP) is 4.71. The molecule has 1 saturated carbocycles. The Morgan fingerprint density at radius 2 is 1.96 bits per heavy atom. The molecule has 5 atom stereocenters. The fraction of sp³-hybridized carbons (Fsp3) is 0.619. The SMILES string of the molecule is CC.COc1ccc2c(c1)CCC1C2CC[C@@]2(C)C1C=C[C@@H]2O. The number of allylic oxidation sites excluding steroid dienone is 1. The van der Waals surface area contributed by atoms with Crippen LogP contribution in [0.4, 0.5) is 0 Å². The third kappa shape index (κ3) is 2.52. The number of aryl methyl sites for hydroxylation is 1. The van der Waals surface area contributed by atoms with Crippen LogP contribution >= 0.6 is 0 Å². The van der Waals surface area contributed by atoms with Gasteiger partial charge in [0.05, 0.1) is 13.2 Å². The minimum atomic E-state index is -0.249. The quantitative estimate of drug-likeness (QED) is 0.760. The molecule has 0 aromatic heterocycles. The van der Waals surface area contributed by atoms with Crippen molar-refractivity contribution in [2.24, 2.45) is 17.3 Å². The highest BCUT2D eigenvalue weighted by molar-refractivity contribution is 5.41. The van der Waals surface area contributed by atoms with Gasteiger partial charge in [0, 0.05) is 5.41 Å². The maximum Gasteiger partial charge on any atom is 0.119 e. The Hall–Kier alpha value is -1.28. The lowest BCUT2D eigenvalue weighted by Crippen LogP contribution is -2.44. The molecule has 0 amide bonds. The van der Waals surface area contributed by atoms with Crippen LogP contribution in [-0.4, -0.2) is 18.3 Å². The largest absolute Gasteiger partial charge is 0.497 e. The van der Waals surface area contributed by atoms with E-state index in [1.54, 1.807) is 7.11 Å². The fourth-order valence-electron chi connectivity index (χ4n) is 5.12. The fourth-order valence-corrected chi connectivity index (χ4v) is 5.12. The van der Waals surface area contributed by atoms with E-state index in [1.165, 1.54) is 24.0 Å². The van der Waals surface area contributed by atoms with E-state index in [1.807, 2.05) is 19.9 Å². The van der Waals surface area contributed by atoms with Crippen molar-refractivity contribution in [2.45, 2.75) is 58.5 Å². The average Bonchev–Trinajstić information content (AvgIpc) is 2.91. The number of rotatable bonds is 1. The molecule has 2 nitrogen and oxygen atoms in total. The van der Waals surface area contributed by atoms with Crippen LogP contribution in [0.3, 0.4) is 0 Å². The molecule has 4 rings (SSSR count). The van der Waals surface area contributed by atoms with Crippen LogP contribution in [-0.2, 0) is 6.42 Å². The summed E-state index contributed by atoms with van der Waals surface area (Å²) >= 11 is 0. The molecule has 0 radical (unpaired) electrons. The third-order valence-electron chi connectivity index (χ3n) is 6.41. The van der Waals surface area contributed by atoms with Crippen molar-refractivity contribution in [3.8, 4) is 5.75 Å². The number of hydrogen-bond donors (Lipinski definition) is 1. The molecule has 0 aliphatic heterocycles.